The van der Waals surface area contributed by atoms with Crippen molar-refractivity contribution in [1.82, 2.24) is 5.32 Å². The summed E-state index contributed by atoms with van der Waals surface area (Å²) in [6.45, 7) is 8.25. The van der Waals surface area contributed by atoms with Crippen molar-refractivity contribution in [3.63, 3.8) is 0 Å². The zero-order valence-electron chi connectivity index (χ0n) is 15.7. The predicted molar refractivity (Wildman–Crippen MR) is 118 cm³/mol. The Bertz CT molecular complexity index is 802. The van der Waals surface area contributed by atoms with Gasteiger partial charge in [0.2, 0.25) is 0 Å². The van der Waals surface area contributed by atoms with Crippen molar-refractivity contribution < 1.29 is 9.53 Å². The Morgan fingerprint density at radius 3 is 2.26 bits per heavy atom. The van der Waals surface area contributed by atoms with Crippen LogP contribution in [0.1, 0.15) is 30.9 Å². The van der Waals surface area contributed by atoms with Crippen molar-refractivity contribution in [3.05, 3.63) is 71.1 Å². The second-order valence-corrected chi connectivity index (χ2v) is 8.71. The molecule has 1 N–H and O–H groups in total. The zero-order valence-corrected chi connectivity index (χ0v) is 17.4. The van der Waals surface area contributed by atoms with Gasteiger partial charge in [-0.2, -0.15) is 12.6 Å². The van der Waals surface area contributed by atoms with Gasteiger partial charge in [-0.05, 0) is 41.9 Å². The van der Waals surface area contributed by atoms with Crippen LogP contribution in [0.25, 0.3) is 11.1 Å². The second-order valence-electron chi connectivity index (χ2n) is 7.07. The Labute approximate surface area is 171 Å². The Balaban J connectivity index is 1.67. The molecule has 2 aromatic carbocycles. The van der Waals surface area contributed by atoms with Gasteiger partial charge in [0.1, 0.15) is 6.61 Å². The van der Waals surface area contributed by atoms with Gasteiger partial charge in [-0.15, -0.1) is 11.8 Å². The molecule has 5 heteroatoms. The number of ether oxygens (including phenoxy) is 1. The predicted octanol–water partition coefficient (Wildman–Crippen LogP) is 5.48. The van der Waals surface area contributed by atoms with Crippen molar-refractivity contribution in [2.24, 2.45) is 0 Å². The molecule has 0 aromatic heterocycles. The SMILES string of the molecule is C=C(SCCS)C(C)(C)NC(=O)OCC1c2ccccc2-c2ccccc21. The fourth-order valence-corrected chi connectivity index (χ4v) is 4.33. The molecule has 142 valence electrons. The van der Waals surface area contributed by atoms with Gasteiger partial charge in [0, 0.05) is 16.6 Å². The normalized spacial score (nSPS) is 13.0. The molecule has 1 amide bonds. The first kappa shape index (κ1) is 19.9. The summed E-state index contributed by atoms with van der Waals surface area (Å²) >= 11 is 5.83. The van der Waals surface area contributed by atoms with E-state index >= 15 is 0 Å². The van der Waals surface area contributed by atoms with Crippen LogP contribution in [0, 0.1) is 0 Å². The van der Waals surface area contributed by atoms with Gasteiger partial charge in [-0.25, -0.2) is 4.79 Å². The molecule has 1 aliphatic carbocycles. The third-order valence-electron chi connectivity index (χ3n) is 4.82. The molecule has 0 radical (unpaired) electrons. The van der Waals surface area contributed by atoms with Crippen LogP contribution in [0.5, 0.6) is 0 Å². The highest BCUT2D eigenvalue weighted by molar-refractivity contribution is 8.03. The summed E-state index contributed by atoms with van der Waals surface area (Å²) in [5, 5.41) is 2.93. The molecule has 0 aliphatic heterocycles. The van der Waals surface area contributed by atoms with E-state index in [1.807, 2.05) is 38.1 Å². The Morgan fingerprint density at radius 2 is 1.70 bits per heavy atom. The summed E-state index contributed by atoms with van der Waals surface area (Å²) in [5.74, 6) is 1.69. The van der Waals surface area contributed by atoms with Gasteiger partial charge >= 0.3 is 6.09 Å². The third-order valence-corrected chi connectivity index (χ3v) is 6.62. The van der Waals surface area contributed by atoms with E-state index < -0.39 is 11.6 Å². The number of hydrogen-bond donors (Lipinski definition) is 2. The van der Waals surface area contributed by atoms with E-state index in [0.29, 0.717) is 6.61 Å². The average molecular weight is 400 g/mol. The molecular weight excluding hydrogens is 374 g/mol. The van der Waals surface area contributed by atoms with Crippen LogP contribution in [-0.4, -0.2) is 29.7 Å². The van der Waals surface area contributed by atoms with E-state index in [9.17, 15) is 4.79 Å². The number of benzene rings is 2. The van der Waals surface area contributed by atoms with E-state index in [-0.39, 0.29) is 5.92 Å². The first-order valence-corrected chi connectivity index (χ1v) is 10.6. The van der Waals surface area contributed by atoms with Gasteiger partial charge in [0.05, 0.1) is 5.54 Å². The van der Waals surface area contributed by atoms with Crippen molar-refractivity contribution in [2.45, 2.75) is 25.3 Å². The highest BCUT2D eigenvalue weighted by Gasteiger charge is 2.30. The van der Waals surface area contributed by atoms with Crippen LogP contribution >= 0.6 is 24.4 Å². The molecule has 0 saturated carbocycles. The van der Waals surface area contributed by atoms with Crippen molar-refractivity contribution in [2.75, 3.05) is 18.1 Å². The van der Waals surface area contributed by atoms with E-state index in [4.69, 9.17) is 4.74 Å². The molecule has 0 bridgehead atoms. The number of carbonyl (C=O) groups excluding carboxylic acids is 1. The number of thioether (sulfide) groups is 1. The minimum Gasteiger partial charge on any atom is -0.449 e. The highest BCUT2D eigenvalue weighted by Crippen LogP contribution is 2.44. The maximum Gasteiger partial charge on any atom is 0.407 e. The summed E-state index contributed by atoms with van der Waals surface area (Å²) in [7, 11) is 0. The van der Waals surface area contributed by atoms with Gasteiger partial charge in [-0.1, -0.05) is 55.1 Å². The molecule has 0 spiro atoms. The monoisotopic (exact) mass is 399 g/mol. The van der Waals surface area contributed by atoms with Crippen LogP contribution in [0.3, 0.4) is 0 Å². The summed E-state index contributed by atoms with van der Waals surface area (Å²) < 4.78 is 5.61. The Morgan fingerprint density at radius 1 is 1.15 bits per heavy atom. The lowest BCUT2D eigenvalue weighted by molar-refractivity contribution is 0.136. The maximum absolute atomic E-state index is 12.4. The lowest BCUT2D eigenvalue weighted by atomic mass is 9.98. The molecule has 27 heavy (non-hydrogen) atoms. The van der Waals surface area contributed by atoms with Gasteiger partial charge in [0.25, 0.3) is 0 Å². The molecule has 0 unspecified atom stereocenters. The summed E-state index contributed by atoms with van der Waals surface area (Å²) in [4.78, 5) is 13.3. The number of fused-ring (bicyclic) bond motifs is 3. The number of hydrogen-bond acceptors (Lipinski definition) is 4. The van der Waals surface area contributed by atoms with Crippen LogP contribution < -0.4 is 5.32 Å². The number of nitrogens with one attached hydrogen (secondary N) is 1. The molecule has 1 aliphatic rings. The number of alkyl carbamates (subject to hydrolysis) is 1. The van der Waals surface area contributed by atoms with E-state index in [0.717, 1.165) is 16.4 Å². The van der Waals surface area contributed by atoms with Gasteiger partial charge in [0.15, 0.2) is 0 Å². The molecule has 3 rings (SSSR count). The fraction of sp³-hybridized carbons (Fsp3) is 0.318. The minimum absolute atomic E-state index is 0.0630. The quantitative estimate of drug-likeness (QED) is 0.606. The molecule has 2 aromatic rings. The third kappa shape index (κ3) is 4.36. The highest BCUT2D eigenvalue weighted by atomic mass is 32.2. The van der Waals surface area contributed by atoms with E-state index in [1.165, 1.54) is 22.3 Å². The van der Waals surface area contributed by atoms with Crippen LogP contribution in [0.15, 0.2) is 60.0 Å². The minimum atomic E-state index is -0.545. The molecule has 0 saturated heterocycles. The van der Waals surface area contributed by atoms with Crippen molar-refractivity contribution in [1.29, 1.82) is 0 Å². The summed E-state index contributed by atoms with van der Waals surface area (Å²) in [5.41, 5.74) is 4.31. The van der Waals surface area contributed by atoms with E-state index in [2.05, 4.69) is 48.8 Å². The Kier molecular flexibility index (Phi) is 6.22. The fourth-order valence-electron chi connectivity index (χ4n) is 3.31. The first-order chi connectivity index (χ1) is 12.9. The van der Waals surface area contributed by atoms with Crippen LogP contribution in [0.4, 0.5) is 4.79 Å². The largest absolute Gasteiger partial charge is 0.449 e. The molecular formula is C22H25NO2S2. The summed E-state index contributed by atoms with van der Waals surface area (Å²) in [6, 6.07) is 16.6. The van der Waals surface area contributed by atoms with Crippen molar-refractivity contribution in [3.8, 4) is 11.1 Å². The second kappa shape index (κ2) is 8.44. The lowest BCUT2D eigenvalue weighted by Crippen LogP contribution is -2.44. The Hall–Kier alpha value is -1.85. The molecule has 0 fully saturated rings. The topological polar surface area (TPSA) is 38.3 Å². The van der Waals surface area contributed by atoms with Gasteiger partial charge < -0.3 is 10.1 Å². The molecule has 3 nitrogen and oxygen atoms in total. The lowest BCUT2D eigenvalue weighted by Gasteiger charge is -2.28. The molecule has 0 heterocycles. The number of rotatable bonds is 7. The smallest absolute Gasteiger partial charge is 0.407 e. The number of thiol groups is 1. The van der Waals surface area contributed by atoms with Crippen molar-refractivity contribution >= 4 is 30.5 Å². The number of carbonyl (C=O) groups is 1. The summed E-state index contributed by atoms with van der Waals surface area (Å²) in [6.07, 6.45) is -0.422. The average Bonchev–Trinajstić information content (AvgIpc) is 2.98. The van der Waals surface area contributed by atoms with Crippen LogP contribution in [0.2, 0.25) is 0 Å². The maximum atomic E-state index is 12.4. The zero-order chi connectivity index (χ0) is 19.4. The standard InChI is InChI=1S/C22H25NO2S2/c1-15(27-13-12-26)22(2,3)23-21(24)25-14-20-18-10-6-4-8-16(18)17-9-5-7-11-19(17)20/h4-11,20,26H,1,12-14H2,2-3H3,(H,23,24). The molecule has 0 atom stereocenters. The number of amides is 1. The van der Waals surface area contributed by atoms with Gasteiger partial charge in [-0.3, -0.25) is 0 Å². The van der Waals surface area contributed by atoms with Crippen LogP contribution in [-0.2, 0) is 4.74 Å². The first-order valence-electron chi connectivity index (χ1n) is 9.00. The van der Waals surface area contributed by atoms with E-state index in [1.54, 1.807) is 11.8 Å².